The molecule has 3 N–H and O–H groups in total. The van der Waals surface area contributed by atoms with E-state index in [-0.39, 0.29) is 36.0 Å². The summed E-state index contributed by atoms with van der Waals surface area (Å²) >= 11 is 0. The second kappa shape index (κ2) is 16.3. The molecule has 5 heteroatoms. The van der Waals surface area contributed by atoms with Crippen LogP contribution in [0.15, 0.2) is 0 Å². The Morgan fingerprint density at radius 1 is 0.905 bits per heavy atom. The molecule has 0 aliphatic heterocycles. The third-order valence-electron chi connectivity index (χ3n) is 3.73. The minimum absolute atomic E-state index is 0. The molecular weight excluding hydrogens is 277 g/mol. The average Bonchev–Trinajstić information content (AvgIpc) is 2.39. The first-order valence-electron chi connectivity index (χ1n) is 8.09. The van der Waals surface area contributed by atoms with Gasteiger partial charge in [0.1, 0.15) is 0 Å². The van der Waals surface area contributed by atoms with Crippen LogP contribution in [0.25, 0.3) is 0 Å². The van der Waals surface area contributed by atoms with Gasteiger partial charge in [-0.05, 0) is 6.42 Å². The molecule has 1 amide bonds. The first kappa shape index (κ1) is 23.2. The number of primary amides is 1. The normalized spacial score (nSPS) is 11.7. The molecule has 21 heavy (non-hydrogen) atoms. The van der Waals surface area contributed by atoms with Crippen molar-refractivity contribution in [2.45, 2.75) is 84.0 Å². The monoisotopic (exact) mass is 308 g/mol. The Labute approximate surface area is 151 Å². The van der Waals surface area contributed by atoms with Crippen LogP contribution in [0.3, 0.4) is 0 Å². The summed E-state index contributed by atoms with van der Waals surface area (Å²) in [5.74, 6) is -1.93. The van der Waals surface area contributed by atoms with Gasteiger partial charge in [-0.2, -0.15) is 0 Å². The Morgan fingerprint density at radius 2 is 1.33 bits per heavy atom. The number of aliphatic carboxylic acids is 1. The van der Waals surface area contributed by atoms with Gasteiger partial charge < -0.3 is 10.8 Å². The van der Waals surface area contributed by atoms with E-state index in [9.17, 15) is 9.59 Å². The molecule has 4 nitrogen and oxygen atoms in total. The Bertz CT molecular complexity index is 272. The Balaban J connectivity index is 0. The fraction of sp³-hybridized carbons (Fsp3) is 0.875. The van der Waals surface area contributed by atoms with Crippen molar-refractivity contribution >= 4 is 41.4 Å². The fourth-order valence-electron chi connectivity index (χ4n) is 2.43. The van der Waals surface area contributed by atoms with Gasteiger partial charge in [-0.15, -0.1) is 0 Å². The number of carboxylic acid groups (broad SMARTS) is 1. The van der Waals surface area contributed by atoms with E-state index in [4.69, 9.17) is 10.8 Å². The van der Waals surface area contributed by atoms with Crippen LogP contribution < -0.4 is 5.73 Å². The first-order chi connectivity index (χ1) is 9.57. The summed E-state index contributed by atoms with van der Waals surface area (Å²) in [5, 5.41) is 8.69. The van der Waals surface area contributed by atoms with Gasteiger partial charge in [0.2, 0.25) is 5.91 Å². The van der Waals surface area contributed by atoms with Gasteiger partial charge in [-0.1, -0.05) is 71.1 Å². The van der Waals surface area contributed by atoms with Crippen molar-refractivity contribution < 1.29 is 14.7 Å². The molecule has 0 bridgehead atoms. The van der Waals surface area contributed by atoms with E-state index in [1.165, 1.54) is 51.4 Å². The summed E-state index contributed by atoms with van der Waals surface area (Å²) in [5.41, 5.74) is 5.20. The molecule has 0 aromatic rings. The average molecular weight is 308 g/mol. The maximum atomic E-state index is 11.1. The topological polar surface area (TPSA) is 80.4 Å². The van der Waals surface area contributed by atoms with E-state index in [1.807, 2.05) is 0 Å². The predicted octanol–water partition coefficient (Wildman–Crippen LogP) is 3.49. The molecule has 0 aliphatic carbocycles. The molecule has 0 aliphatic rings. The van der Waals surface area contributed by atoms with Gasteiger partial charge in [-0.25, -0.2) is 0 Å². The minimum Gasteiger partial charge on any atom is -0.481 e. The zero-order valence-corrected chi connectivity index (χ0v) is 15.9. The number of hydrogen-bond donors (Lipinski definition) is 2. The van der Waals surface area contributed by atoms with Gasteiger partial charge in [0.05, 0.1) is 6.42 Å². The van der Waals surface area contributed by atoms with Crippen molar-refractivity contribution in [3.8, 4) is 0 Å². The van der Waals surface area contributed by atoms with Gasteiger partial charge in [-0.3, -0.25) is 9.59 Å². The molecule has 0 heterocycles. The molecule has 0 saturated heterocycles. The second-order valence-corrected chi connectivity index (χ2v) is 5.67. The molecule has 0 aromatic heterocycles. The molecule has 0 aromatic carbocycles. The number of carbonyl (C=O) groups is 2. The zero-order valence-electron chi connectivity index (χ0n) is 13.9. The SMILES string of the molecule is CCCCCCCCCCCCC(CC(=O)O)C(N)=O.[Na]. The number of unbranched alkanes of at least 4 members (excludes halogenated alkanes) is 9. The third kappa shape index (κ3) is 16.1. The molecule has 1 radical (unpaired) electrons. The van der Waals surface area contributed by atoms with Crippen LogP contribution in [0.5, 0.6) is 0 Å². The molecule has 119 valence electrons. The number of carboxylic acids is 1. The standard InChI is InChI=1S/C16H31NO3.Na/c1-2-3-4-5-6-7-8-9-10-11-12-14(16(17)20)13-15(18)19;/h14H,2-13H2,1H3,(H2,17,20)(H,18,19);. The quantitative estimate of drug-likeness (QED) is 0.381. The van der Waals surface area contributed by atoms with E-state index < -0.39 is 17.8 Å². The summed E-state index contributed by atoms with van der Waals surface area (Å²) in [6, 6.07) is 0. The molecule has 0 spiro atoms. The predicted molar refractivity (Wildman–Crippen MR) is 87.2 cm³/mol. The zero-order chi connectivity index (χ0) is 15.2. The number of carbonyl (C=O) groups excluding carboxylic acids is 1. The van der Waals surface area contributed by atoms with Gasteiger partial charge in [0, 0.05) is 35.5 Å². The maximum Gasteiger partial charge on any atom is 0.304 e. The van der Waals surface area contributed by atoms with Crippen molar-refractivity contribution in [2.75, 3.05) is 0 Å². The molecule has 1 atom stereocenters. The summed E-state index contributed by atoms with van der Waals surface area (Å²) < 4.78 is 0. The summed E-state index contributed by atoms with van der Waals surface area (Å²) in [6.07, 6.45) is 12.8. The van der Waals surface area contributed by atoms with Crippen molar-refractivity contribution in [1.29, 1.82) is 0 Å². The van der Waals surface area contributed by atoms with Crippen LogP contribution in [-0.2, 0) is 9.59 Å². The van der Waals surface area contributed by atoms with Crippen molar-refractivity contribution in [3.05, 3.63) is 0 Å². The smallest absolute Gasteiger partial charge is 0.304 e. The van der Waals surface area contributed by atoms with Gasteiger partial charge in [0.25, 0.3) is 0 Å². The summed E-state index contributed by atoms with van der Waals surface area (Å²) in [6.45, 7) is 2.23. The number of amides is 1. The molecule has 0 rings (SSSR count). The first-order valence-corrected chi connectivity index (χ1v) is 8.09. The Kier molecular flexibility index (Phi) is 18.0. The number of hydrogen-bond acceptors (Lipinski definition) is 2. The van der Waals surface area contributed by atoms with Crippen molar-refractivity contribution in [3.63, 3.8) is 0 Å². The number of rotatable bonds is 14. The van der Waals surface area contributed by atoms with Gasteiger partial charge in [0.15, 0.2) is 0 Å². The van der Waals surface area contributed by atoms with Crippen LogP contribution >= 0.6 is 0 Å². The Hall–Kier alpha value is -0.0600. The van der Waals surface area contributed by atoms with Crippen LogP contribution in [0.4, 0.5) is 0 Å². The van der Waals surface area contributed by atoms with E-state index in [2.05, 4.69) is 6.92 Å². The van der Waals surface area contributed by atoms with Crippen LogP contribution in [0.2, 0.25) is 0 Å². The van der Waals surface area contributed by atoms with Crippen molar-refractivity contribution in [1.82, 2.24) is 0 Å². The Morgan fingerprint density at radius 3 is 1.71 bits per heavy atom. The van der Waals surface area contributed by atoms with Gasteiger partial charge >= 0.3 is 5.97 Å². The molecule has 0 saturated carbocycles. The van der Waals surface area contributed by atoms with Crippen molar-refractivity contribution in [2.24, 2.45) is 11.7 Å². The molecule has 0 fully saturated rings. The summed E-state index contributed by atoms with van der Waals surface area (Å²) in [7, 11) is 0. The second-order valence-electron chi connectivity index (χ2n) is 5.67. The number of nitrogens with two attached hydrogens (primary N) is 1. The fourth-order valence-corrected chi connectivity index (χ4v) is 2.43. The van der Waals surface area contributed by atoms with Crippen LogP contribution in [0, 0.1) is 5.92 Å². The van der Waals surface area contributed by atoms with Crippen LogP contribution in [0.1, 0.15) is 84.0 Å². The largest absolute Gasteiger partial charge is 0.481 e. The summed E-state index contributed by atoms with van der Waals surface area (Å²) in [4.78, 5) is 21.7. The maximum absolute atomic E-state index is 11.1. The van der Waals surface area contributed by atoms with E-state index >= 15 is 0 Å². The molecule has 1 unspecified atom stereocenters. The van der Waals surface area contributed by atoms with E-state index in [0.717, 1.165) is 12.8 Å². The van der Waals surface area contributed by atoms with E-state index in [0.29, 0.717) is 6.42 Å². The molecular formula is C16H31NNaO3. The van der Waals surface area contributed by atoms with E-state index in [1.54, 1.807) is 0 Å². The third-order valence-corrected chi connectivity index (χ3v) is 3.73. The minimum atomic E-state index is -0.944. The van der Waals surface area contributed by atoms with Crippen LogP contribution in [-0.4, -0.2) is 46.5 Å².